The van der Waals surface area contributed by atoms with Crippen molar-refractivity contribution < 1.29 is 19.4 Å². The van der Waals surface area contributed by atoms with Crippen molar-refractivity contribution in [2.75, 3.05) is 19.0 Å². The lowest BCUT2D eigenvalue weighted by atomic mass is 9.95. The standard InChI is InChI=1S/C16H25N3O4/c1-10(2)7-13(19-11(3)20)16(22)12-5-6-17-14(8-12)18-9-15(21)23-4/h5-6,8,10,13,16,22H,7,9H2,1-4H3,(H,17,18)(H,19,20)/t13-,16?/m0/s1. The van der Waals surface area contributed by atoms with Crippen molar-refractivity contribution in [1.29, 1.82) is 0 Å². The molecule has 0 saturated heterocycles. The Bertz CT molecular complexity index is 534. The van der Waals surface area contributed by atoms with Crippen molar-refractivity contribution in [2.45, 2.75) is 39.3 Å². The van der Waals surface area contributed by atoms with Crippen molar-refractivity contribution in [3.63, 3.8) is 0 Å². The van der Waals surface area contributed by atoms with Crippen LogP contribution in [0.25, 0.3) is 0 Å². The molecule has 0 aliphatic heterocycles. The molecule has 0 radical (unpaired) electrons. The zero-order valence-electron chi connectivity index (χ0n) is 14.0. The molecule has 7 heteroatoms. The fraction of sp³-hybridized carbons (Fsp3) is 0.562. The summed E-state index contributed by atoms with van der Waals surface area (Å²) in [5.74, 6) is 0.180. The number of aliphatic hydroxyl groups is 1. The second-order valence-corrected chi connectivity index (χ2v) is 5.79. The number of amides is 1. The molecule has 3 N–H and O–H groups in total. The van der Waals surface area contributed by atoms with E-state index in [9.17, 15) is 14.7 Å². The minimum absolute atomic E-state index is 0.00975. The monoisotopic (exact) mass is 323 g/mol. The highest BCUT2D eigenvalue weighted by Crippen LogP contribution is 2.23. The van der Waals surface area contributed by atoms with Crippen LogP contribution in [0.5, 0.6) is 0 Å². The van der Waals surface area contributed by atoms with E-state index in [2.05, 4.69) is 20.4 Å². The number of nitrogens with one attached hydrogen (secondary N) is 2. The Hall–Kier alpha value is -2.15. The summed E-state index contributed by atoms with van der Waals surface area (Å²) in [6, 6.07) is 2.95. The highest BCUT2D eigenvalue weighted by Gasteiger charge is 2.23. The Balaban J connectivity index is 2.85. The van der Waals surface area contributed by atoms with E-state index in [-0.39, 0.29) is 18.5 Å². The Morgan fingerprint density at radius 1 is 1.39 bits per heavy atom. The maximum atomic E-state index is 11.4. The minimum Gasteiger partial charge on any atom is -0.468 e. The lowest BCUT2D eigenvalue weighted by molar-refractivity contribution is -0.138. The lowest BCUT2D eigenvalue weighted by Gasteiger charge is -2.25. The van der Waals surface area contributed by atoms with Gasteiger partial charge in [-0.1, -0.05) is 13.8 Å². The predicted octanol–water partition coefficient (Wildman–Crippen LogP) is 1.25. The van der Waals surface area contributed by atoms with Gasteiger partial charge in [-0.3, -0.25) is 9.59 Å². The SMILES string of the molecule is COC(=O)CNc1cc(C(O)[C@H](CC(C)C)NC(C)=O)ccn1. The number of esters is 1. The van der Waals surface area contributed by atoms with Crippen LogP contribution in [0.1, 0.15) is 38.9 Å². The number of ether oxygens (including phenoxy) is 1. The summed E-state index contributed by atoms with van der Waals surface area (Å²) in [5, 5.41) is 16.2. The maximum Gasteiger partial charge on any atom is 0.325 e. The fourth-order valence-corrected chi connectivity index (χ4v) is 2.23. The van der Waals surface area contributed by atoms with Gasteiger partial charge in [-0.05, 0) is 30.0 Å². The molecule has 1 aromatic heterocycles. The van der Waals surface area contributed by atoms with E-state index in [0.717, 1.165) is 0 Å². The number of hydrogen-bond donors (Lipinski definition) is 3. The first-order valence-corrected chi connectivity index (χ1v) is 7.55. The van der Waals surface area contributed by atoms with E-state index < -0.39 is 12.1 Å². The molecule has 0 saturated carbocycles. The van der Waals surface area contributed by atoms with Gasteiger partial charge in [0.25, 0.3) is 0 Å². The molecule has 0 aliphatic rings. The molecule has 1 amide bonds. The summed E-state index contributed by atoms with van der Waals surface area (Å²) >= 11 is 0. The normalized spacial score (nSPS) is 13.3. The van der Waals surface area contributed by atoms with Crippen LogP contribution in [-0.2, 0) is 14.3 Å². The number of hydrogen-bond acceptors (Lipinski definition) is 6. The summed E-state index contributed by atoms with van der Waals surface area (Å²) in [7, 11) is 1.31. The highest BCUT2D eigenvalue weighted by atomic mass is 16.5. The second kappa shape index (κ2) is 9.09. The third-order valence-corrected chi connectivity index (χ3v) is 3.26. The van der Waals surface area contributed by atoms with Crippen LogP contribution in [0.3, 0.4) is 0 Å². The predicted molar refractivity (Wildman–Crippen MR) is 86.8 cm³/mol. The zero-order valence-corrected chi connectivity index (χ0v) is 14.0. The zero-order chi connectivity index (χ0) is 17.4. The van der Waals surface area contributed by atoms with Crippen molar-refractivity contribution >= 4 is 17.7 Å². The van der Waals surface area contributed by atoms with Crippen molar-refractivity contribution in [2.24, 2.45) is 5.92 Å². The van der Waals surface area contributed by atoms with Crippen LogP contribution in [0.4, 0.5) is 5.82 Å². The Labute approximate surface area is 136 Å². The first-order valence-electron chi connectivity index (χ1n) is 7.55. The molecule has 0 bridgehead atoms. The first-order chi connectivity index (χ1) is 10.8. The summed E-state index contributed by atoms with van der Waals surface area (Å²) in [6.45, 7) is 5.47. The number of anilines is 1. The Morgan fingerprint density at radius 2 is 2.09 bits per heavy atom. The van der Waals surface area contributed by atoms with E-state index in [4.69, 9.17) is 0 Å². The van der Waals surface area contributed by atoms with Gasteiger partial charge in [-0.15, -0.1) is 0 Å². The molecule has 0 spiro atoms. The van der Waals surface area contributed by atoms with Crippen molar-refractivity contribution in [3.8, 4) is 0 Å². The van der Waals surface area contributed by atoms with E-state index in [1.165, 1.54) is 14.0 Å². The number of aliphatic hydroxyl groups excluding tert-OH is 1. The summed E-state index contributed by atoms with van der Waals surface area (Å²) in [4.78, 5) is 26.6. The Morgan fingerprint density at radius 3 is 2.65 bits per heavy atom. The molecule has 23 heavy (non-hydrogen) atoms. The number of carbonyl (C=O) groups is 2. The van der Waals surface area contributed by atoms with Gasteiger partial charge in [0.2, 0.25) is 5.91 Å². The Kier molecular flexibility index (Phi) is 7.47. The molecule has 1 heterocycles. The van der Waals surface area contributed by atoms with Gasteiger partial charge in [0.1, 0.15) is 12.4 Å². The van der Waals surface area contributed by atoms with Crippen molar-refractivity contribution in [3.05, 3.63) is 23.9 Å². The summed E-state index contributed by atoms with van der Waals surface area (Å²) < 4.78 is 4.55. The summed E-state index contributed by atoms with van der Waals surface area (Å²) in [6.07, 6.45) is 1.33. The third kappa shape index (κ3) is 6.65. The lowest BCUT2D eigenvalue weighted by Crippen LogP contribution is -2.39. The molecule has 128 valence electrons. The maximum absolute atomic E-state index is 11.4. The first kappa shape index (κ1) is 18.9. The number of nitrogens with zero attached hydrogens (tertiary/aromatic N) is 1. The molecule has 7 nitrogen and oxygen atoms in total. The molecule has 1 unspecified atom stereocenters. The van der Waals surface area contributed by atoms with E-state index in [1.54, 1.807) is 18.3 Å². The average molecular weight is 323 g/mol. The fourth-order valence-electron chi connectivity index (χ4n) is 2.23. The smallest absolute Gasteiger partial charge is 0.325 e. The quantitative estimate of drug-likeness (QED) is 0.623. The van der Waals surface area contributed by atoms with Crippen LogP contribution in [0, 0.1) is 5.92 Å². The van der Waals surface area contributed by atoms with Gasteiger partial charge in [-0.2, -0.15) is 0 Å². The molecule has 0 aromatic carbocycles. The topological polar surface area (TPSA) is 101 Å². The summed E-state index contributed by atoms with van der Waals surface area (Å²) in [5.41, 5.74) is 0.617. The highest BCUT2D eigenvalue weighted by molar-refractivity contribution is 5.74. The van der Waals surface area contributed by atoms with Crippen molar-refractivity contribution in [1.82, 2.24) is 10.3 Å². The number of aromatic nitrogens is 1. The number of pyridine rings is 1. The van der Waals surface area contributed by atoms with Gasteiger partial charge in [-0.25, -0.2) is 4.98 Å². The number of methoxy groups -OCH3 is 1. The molecule has 2 atom stereocenters. The number of rotatable bonds is 8. The molecule has 0 aliphatic carbocycles. The van der Waals surface area contributed by atoms with E-state index in [0.29, 0.717) is 23.7 Å². The van der Waals surface area contributed by atoms with Gasteiger partial charge in [0.15, 0.2) is 0 Å². The largest absolute Gasteiger partial charge is 0.468 e. The van der Waals surface area contributed by atoms with Gasteiger partial charge in [0.05, 0.1) is 19.3 Å². The minimum atomic E-state index is -0.858. The molecule has 0 fully saturated rings. The van der Waals surface area contributed by atoms with Crippen LogP contribution in [0.15, 0.2) is 18.3 Å². The van der Waals surface area contributed by atoms with E-state index >= 15 is 0 Å². The van der Waals surface area contributed by atoms with Crippen LogP contribution in [-0.4, -0.2) is 41.7 Å². The second-order valence-electron chi connectivity index (χ2n) is 5.79. The van der Waals surface area contributed by atoms with E-state index in [1.807, 2.05) is 13.8 Å². The molecule has 1 rings (SSSR count). The van der Waals surface area contributed by atoms with Gasteiger partial charge in [0, 0.05) is 13.1 Å². The molecular formula is C16H25N3O4. The number of carbonyl (C=O) groups excluding carboxylic acids is 2. The van der Waals surface area contributed by atoms with Gasteiger partial charge < -0.3 is 20.5 Å². The van der Waals surface area contributed by atoms with Gasteiger partial charge >= 0.3 is 5.97 Å². The third-order valence-electron chi connectivity index (χ3n) is 3.26. The molecule has 1 aromatic rings. The molecular weight excluding hydrogens is 298 g/mol. The average Bonchev–Trinajstić information content (AvgIpc) is 2.50. The van der Waals surface area contributed by atoms with Crippen LogP contribution in [0.2, 0.25) is 0 Å². The van der Waals surface area contributed by atoms with Crippen LogP contribution < -0.4 is 10.6 Å². The van der Waals surface area contributed by atoms with Crippen LogP contribution >= 0.6 is 0 Å².